The Hall–Kier alpha value is 1.86. The van der Waals surface area contributed by atoms with Crippen molar-refractivity contribution in [3.05, 3.63) is 11.1 Å². The van der Waals surface area contributed by atoms with E-state index >= 15 is 0 Å². The number of allylic oxidation sites excluding steroid dienone is 2. The molecule has 0 aromatic carbocycles. The molecule has 9 heavy (non-hydrogen) atoms. The quantitative estimate of drug-likeness (QED) is 0.303. The van der Waals surface area contributed by atoms with Crippen LogP contribution in [0.1, 0.15) is 27.7 Å². The number of rotatable bonds is 0. The Labute approximate surface area is 106 Å². The van der Waals surface area contributed by atoms with Crippen LogP contribution in [-0.2, 0) is 20.4 Å². The van der Waals surface area contributed by atoms with Crippen LogP contribution in [0.25, 0.3) is 0 Å². The fourth-order valence-corrected chi connectivity index (χ4v) is 0. The minimum Gasteiger partial charge on any atom is -0.107 e. The van der Waals surface area contributed by atoms with E-state index in [4.69, 9.17) is 0 Å². The molecule has 0 saturated heterocycles. The van der Waals surface area contributed by atoms with Crippen LogP contribution in [0.2, 0.25) is 0 Å². The topological polar surface area (TPSA) is 0 Å². The first-order valence-corrected chi connectivity index (χ1v) is 2.25. The molecule has 0 rings (SSSR count). The Balaban J connectivity index is -0.0000000417. The van der Waals surface area contributed by atoms with Gasteiger partial charge >= 0.3 is 0 Å². The van der Waals surface area contributed by atoms with E-state index in [1.807, 2.05) is 0 Å². The molecular weight excluding hydrogens is 432 g/mol. The predicted octanol–water partition coefficient (Wildman–Crippen LogP) is 3.60. The van der Waals surface area contributed by atoms with Gasteiger partial charge in [-0.3, -0.25) is 0 Å². The van der Waals surface area contributed by atoms with Crippen LogP contribution in [0.4, 0.5) is 0 Å². The molecule has 0 bridgehead atoms. The van der Waals surface area contributed by atoms with Gasteiger partial charge in [-0.25, -0.2) is 0 Å². The van der Waals surface area contributed by atoms with Crippen molar-refractivity contribution < 1.29 is 20.4 Å². The monoisotopic (exact) mass is 446 g/mol. The molecule has 62 valence electrons. The summed E-state index contributed by atoms with van der Waals surface area (Å²) < 4.78 is 0. The first-order chi connectivity index (χ1) is 2.64. The zero-order valence-corrected chi connectivity index (χ0v) is 12.3. The van der Waals surface area contributed by atoms with Gasteiger partial charge in [-0.2, -0.15) is 0 Å². The molecule has 0 fully saturated rings. The van der Waals surface area contributed by atoms with Crippen LogP contribution in [-0.4, -0.2) is 0 Å². The summed E-state index contributed by atoms with van der Waals surface area (Å²) in [6, 6.07) is 0. The fourth-order valence-electron chi connectivity index (χ4n) is 0. The summed E-state index contributed by atoms with van der Waals surface area (Å²) in [7, 11) is 0. The average Bonchev–Trinajstić information content (AvgIpc) is 1.36. The van der Waals surface area contributed by atoms with Crippen LogP contribution in [0.15, 0.2) is 11.1 Å². The summed E-state index contributed by atoms with van der Waals surface area (Å²) in [6.07, 6.45) is 0. The molecule has 0 unspecified atom stereocenters. The van der Waals surface area contributed by atoms with Gasteiger partial charge < -0.3 is 0 Å². The third-order valence-corrected chi connectivity index (χ3v) is 1.00. The predicted molar refractivity (Wildman–Crippen MR) is 60.6 cm³/mol. The molecule has 0 aliphatic heterocycles. The van der Waals surface area contributed by atoms with Crippen LogP contribution in [0.5, 0.6) is 0 Å². The Kier molecular flexibility index (Phi) is 31.2. The van der Waals surface area contributed by atoms with Gasteiger partial charge in [0.1, 0.15) is 0 Å². The molecule has 0 amide bonds. The molecule has 0 N–H and O–H groups in total. The summed E-state index contributed by atoms with van der Waals surface area (Å²) in [4.78, 5) is 0. The van der Waals surface area contributed by atoms with Crippen molar-refractivity contribution in [1.82, 2.24) is 0 Å². The average molecular weight is 446 g/mol. The van der Waals surface area contributed by atoms with E-state index in [0.29, 0.717) is 0 Å². The molecule has 0 saturated carbocycles. The van der Waals surface area contributed by atoms with Crippen LogP contribution in [0.3, 0.4) is 0 Å². The zero-order valence-electron chi connectivity index (χ0n) is 6.13. The van der Waals surface area contributed by atoms with E-state index in [-0.39, 0.29) is 68.4 Å². The van der Waals surface area contributed by atoms with Crippen molar-refractivity contribution in [3.8, 4) is 0 Å². The molecule has 0 heterocycles. The Morgan fingerprint density at radius 3 is 0.778 bits per heavy atom. The third-order valence-electron chi connectivity index (χ3n) is 1.00. The molecule has 0 spiro atoms. The first kappa shape index (κ1) is 22.4. The normalized spacial score (nSPS) is 5.33. The van der Waals surface area contributed by atoms with Gasteiger partial charge in [-0.15, -0.1) is 48.0 Å². The maximum Gasteiger partial charge on any atom is 0 e. The van der Waals surface area contributed by atoms with Gasteiger partial charge in [0.2, 0.25) is 0 Å². The van der Waals surface area contributed by atoms with Gasteiger partial charge in [0.15, 0.2) is 0 Å². The zero-order chi connectivity index (χ0) is 5.15. The fraction of sp³-hybridized carbons (Fsp3) is 0.667. The van der Waals surface area contributed by atoms with E-state index in [0.717, 1.165) is 0 Å². The second kappa shape index (κ2) is 12.5. The van der Waals surface area contributed by atoms with Gasteiger partial charge in [0.05, 0.1) is 0 Å². The SMILES string of the molecule is CC(C)=C(C)C.I.I.[Pd]. The maximum atomic E-state index is 2.12. The van der Waals surface area contributed by atoms with Crippen molar-refractivity contribution in [2.75, 3.05) is 0 Å². The van der Waals surface area contributed by atoms with E-state index in [2.05, 4.69) is 27.7 Å². The van der Waals surface area contributed by atoms with E-state index in [1.54, 1.807) is 0 Å². The third kappa shape index (κ3) is 17.7. The second-order valence-electron chi connectivity index (χ2n) is 2.00. The van der Waals surface area contributed by atoms with Gasteiger partial charge in [0.25, 0.3) is 0 Å². The molecule has 0 aromatic heterocycles. The molecule has 0 radical (unpaired) electrons. The summed E-state index contributed by atoms with van der Waals surface area (Å²) >= 11 is 0. The van der Waals surface area contributed by atoms with Crippen molar-refractivity contribution in [2.24, 2.45) is 0 Å². The molecule has 3 heteroatoms. The van der Waals surface area contributed by atoms with Crippen molar-refractivity contribution in [2.45, 2.75) is 27.7 Å². The van der Waals surface area contributed by atoms with Crippen molar-refractivity contribution >= 4 is 48.0 Å². The van der Waals surface area contributed by atoms with Crippen molar-refractivity contribution in [3.63, 3.8) is 0 Å². The smallest absolute Gasteiger partial charge is 0 e. The molecule has 0 nitrogen and oxygen atoms in total. The Morgan fingerprint density at radius 2 is 0.778 bits per heavy atom. The van der Waals surface area contributed by atoms with Crippen LogP contribution in [0, 0.1) is 0 Å². The van der Waals surface area contributed by atoms with Crippen LogP contribution < -0.4 is 0 Å². The standard InChI is InChI=1S/C6H12.2HI.Pd/c1-5(2)6(3)4;;;/h1-4H3;2*1H;. The second-order valence-corrected chi connectivity index (χ2v) is 2.00. The summed E-state index contributed by atoms with van der Waals surface area (Å²) in [5.41, 5.74) is 2.85. The molecular formula is C6H14I2Pd. The van der Waals surface area contributed by atoms with Gasteiger partial charge in [-0.1, -0.05) is 11.1 Å². The van der Waals surface area contributed by atoms with E-state index in [1.165, 1.54) is 11.1 Å². The summed E-state index contributed by atoms with van der Waals surface area (Å²) in [6.45, 7) is 8.48. The minimum absolute atomic E-state index is 0. The summed E-state index contributed by atoms with van der Waals surface area (Å²) in [5, 5.41) is 0. The Morgan fingerprint density at radius 1 is 0.667 bits per heavy atom. The minimum atomic E-state index is 0. The summed E-state index contributed by atoms with van der Waals surface area (Å²) in [5.74, 6) is 0. The largest absolute Gasteiger partial charge is 0.107 e. The Bertz CT molecular complexity index is 61.1. The van der Waals surface area contributed by atoms with Gasteiger partial charge in [-0.05, 0) is 27.7 Å². The molecule has 0 aromatic rings. The molecule has 0 aliphatic carbocycles. The first-order valence-electron chi connectivity index (χ1n) is 2.25. The number of halogens is 2. The molecule has 0 atom stereocenters. The number of hydrogen-bond acceptors (Lipinski definition) is 0. The number of hydrogen-bond donors (Lipinski definition) is 0. The van der Waals surface area contributed by atoms with Crippen LogP contribution >= 0.6 is 48.0 Å². The van der Waals surface area contributed by atoms with Gasteiger partial charge in [0, 0.05) is 20.4 Å². The van der Waals surface area contributed by atoms with E-state index < -0.39 is 0 Å². The van der Waals surface area contributed by atoms with E-state index in [9.17, 15) is 0 Å². The van der Waals surface area contributed by atoms with Crippen molar-refractivity contribution in [1.29, 1.82) is 0 Å². The molecule has 0 aliphatic rings. The maximum absolute atomic E-state index is 2.12.